The highest BCUT2D eigenvalue weighted by Gasteiger charge is 2.43. The van der Waals surface area contributed by atoms with Crippen LogP contribution in [0.5, 0.6) is 0 Å². The number of carbonyl (C=O) groups excluding carboxylic acids is 1. The van der Waals surface area contributed by atoms with Crippen molar-refractivity contribution in [3.63, 3.8) is 0 Å². The molecule has 0 atom stereocenters. The van der Waals surface area contributed by atoms with Crippen molar-refractivity contribution in [2.75, 3.05) is 11.4 Å². The molecule has 1 aromatic rings. The predicted molar refractivity (Wildman–Crippen MR) is 87.4 cm³/mol. The molecule has 0 aliphatic carbocycles. The molecule has 0 fully saturated rings. The minimum absolute atomic E-state index is 0.309. The lowest BCUT2D eigenvalue weighted by atomic mass is 9.91. The van der Waals surface area contributed by atoms with E-state index in [2.05, 4.69) is 10.2 Å². The lowest BCUT2D eigenvalue weighted by Crippen LogP contribution is -2.38. The molecule has 0 spiro atoms. The van der Waals surface area contributed by atoms with E-state index >= 15 is 0 Å². The number of hydrogen-bond donors (Lipinski definition) is 0. The molecule has 0 N–H and O–H groups in total. The molecule has 5 nitrogen and oxygen atoms in total. The highest BCUT2D eigenvalue weighted by atomic mass is 19.3. The molecule has 2 heterocycles. The SMILES string of the molecule is CCCC(F)(F)c1cc2c(nn1)C(C)(C)CN2C(=O)OC(C)(C)C. The predicted octanol–water partition coefficient (Wildman–Crippen LogP) is 4.40. The fraction of sp³-hybridized carbons (Fsp3) is 0.706. The van der Waals surface area contributed by atoms with Crippen molar-refractivity contribution in [1.29, 1.82) is 0 Å². The summed E-state index contributed by atoms with van der Waals surface area (Å²) in [5.41, 5.74) is -0.661. The van der Waals surface area contributed by atoms with Crippen LogP contribution in [0.1, 0.15) is 65.8 Å². The van der Waals surface area contributed by atoms with E-state index in [4.69, 9.17) is 4.74 Å². The van der Waals surface area contributed by atoms with E-state index in [0.717, 1.165) is 0 Å². The van der Waals surface area contributed by atoms with Gasteiger partial charge in [-0.25, -0.2) is 4.79 Å². The number of fused-ring (bicyclic) bond motifs is 1. The highest BCUT2D eigenvalue weighted by Crippen LogP contribution is 2.42. The standard InChI is InChI=1S/C17H25F2N3O2/c1-7-8-17(18,19)12-9-11-13(21-20-12)16(5,6)10-22(11)14(23)24-15(2,3)4/h9H,7-8,10H2,1-6H3. The Morgan fingerprint density at radius 2 is 1.96 bits per heavy atom. The second-order valence-electron chi connectivity index (χ2n) is 7.87. The van der Waals surface area contributed by atoms with Crippen molar-refractivity contribution >= 4 is 11.8 Å². The molecule has 2 rings (SSSR count). The largest absolute Gasteiger partial charge is 0.443 e. The number of amides is 1. The molecule has 0 unspecified atom stereocenters. The Kier molecular flexibility index (Phi) is 4.59. The van der Waals surface area contributed by atoms with Crippen LogP contribution in [0.2, 0.25) is 0 Å². The average Bonchev–Trinajstić information content (AvgIpc) is 2.69. The van der Waals surface area contributed by atoms with Gasteiger partial charge in [0.1, 0.15) is 11.3 Å². The van der Waals surface area contributed by atoms with Crippen LogP contribution in [-0.4, -0.2) is 28.4 Å². The molecular formula is C17H25F2N3O2. The fourth-order valence-electron chi connectivity index (χ4n) is 2.73. The lowest BCUT2D eigenvalue weighted by Gasteiger charge is -2.25. The minimum Gasteiger partial charge on any atom is -0.443 e. The van der Waals surface area contributed by atoms with E-state index in [9.17, 15) is 13.6 Å². The first-order valence-corrected chi connectivity index (χ1v) is 8.14. The van der Waals surface area contributed by atoms with Crippen molar-refractivity contribution in [3.8, 4) is 0 Å². The van der Waals surface area contributed by atoms with Gasteiger partial charge in [0.25, 0.3) is 5.92 Å². The van der Waals surface area contributed by atoms with E-state index in [0.29, 0.717) is 24.3 Å². The smallest absolute Gasteiger partial charge is 0.414 e. The monoisotopic (exact) mass is 341 g/mol. The third kappa shape index (κ3) is 3.65. The van der Waals surface area contributed by atoms with E-state index in [1.807, 2.05) is 13.8 Å². The van der Waals surface area contributed by atoms with Crippen LogP contribution in [-0.2, 0) is 16.1 Å². The molecule has 0 radical (unpaired) electrons. The third-order valence-corrected chi connectivity index (χ3v) is 3.81. The molecule has 0 aromatic carbocycles. The van der Waals surface area contributed by atoms with Crippen LogP contribution in [0.25, 0.3) is 0 Å². The number of halogens is 2. The molecule has 1 aliphatic rings. The van der Waals surface area contributed by atoms with Crippen molar-refractivity contribution < 1.29 is 18.3 Å². The number of nitrogens with zero attached hydrogens (tertiary/aromatic N) is 3. The summed E-state index contributed by atoms with van der Waals surface area (Å²) in [6.45, 7) is 11.1. The Labute approximate surface area is 141 Å². The number of alkyl halides is 2. The van der Waals surface area contributed by atoms with Crippen molar-refractivity contribution in [2.45, 2.75) is 71.3 Å². The molecule has 1 aliphatic heterocycles. The van der Waals surface area contributed by atoms with E-state index in [1.54, 1.807) is 27.7 Å². The first-order chi connectivity index (χ1) is 10.9. The van der Waals surface area contributed by atoms with Gasteiger partial charge in [-0.05, 0) is 26.8 Å². The maximum atomic E-state index is 14.2. The van der Waals surface area contributed by atoms with Gasteiger partial charge >= 0.3 is 6.09 Å². The van der Waals surface area contributed by atoms with Gasteiger partial charge in [0.2, 0.25) is 0 Å². The summed E-state index contributed by atoms with van der Waals surface area (Å²) in [6.07, 6.45) is -0.546. The highest BCUT2D eigenvalue weighted by molar-refractivity contribution is 5.91. The number of hydrogen-bond acceptors (Lipinski definition) is 4. The van der Waals surface area contributed by atoms with Crippen LogP contribution in [0.15, 0.2) is 6.07 Å². The maximum Gasteiger partial charge on any atom is 0.414 e. The summed E-state index contributed by atoms with van der Waals surface area (Å²) < 4.78 is 33.8. The van der Waals surface area contributed by atoms with Crippen LogP contribution in [0, 0.1) is 0 Å². The van der Waals surface area contributed by atoms with Crippen LogP contribution in [0.4, 0.5) is 19.3 Å². The van der Waals surface area contributed by atoms with Gasteiger partial charge in [-0.2, -0.15) is 13.9 Å². The topological polar surface area (TPSA) is 55.3 Å². The summed E-state index contributed by atoms with van der Waals surface area (Å²) in [5, 5.41) is 7.74. The van der Waals surface area contributed by atoms with Gasteiger partial charge in [-0.1, -0.05) is 27.2 Å². The lowest BCUT2D eigenvalue weighted by molar-refractivity contribution is -0.0193. The molecule has 7 heteroatoms. The quantitative estimate of drug-likeness (QED) is 0.817. The minimum atomic E-state index is -3.07. The normalized spacial score (nSPS) is 16.9. The fourth-order valence-corrected chi connectivity index (χ4v) is 2.73. The zero-order valence-electron chi connectivity index (χ0n) is 15.1. The Morgan fingerprint density at radius 1 is 1.33 bits per heavy atom. The Hall–Kier alpha value is -1.79. The number of rotatable bonds is 3. The average molecular weight is 341 g/mol. The van der Waals surface area contributed by atoms with Crippen LogP contribution in [0.3, 0.4) is 0 Å². The van der Waals surface area contributed by atoms with Crippen LogP contribution < -0.4 is 4.90 Å². The Bertz CT molecular complexity index is 639. The molecule has 0 bridgehead atoms. The van der Waals surface area contributed by atoms with Gasteiger partial charge in [0, 0.05) is 18.4 Å². The second kappa shape index (κ2) is 5.93. The molecule has 1 aromatic heterocycles. The molecule has 24 heavy (non-hydrogen) atoms. The summed E-state index contributed by atoms with van der Waals surface area (Å²) in [7, 11) is 0. The van der Waals surface area contributed by atoms with Crippen LogP contribution >= 0.6 is 0 Å². The van der Waals surface area contributed by atoms with Crippen molar-refractivity contribution in [3.05, 3.63) is 17.5 Å². The van der Waals surface area contributed by atoms with Gasteiger partial charge in [0.05, 0.1) is 11.4 Å². The van der Waals surface area contributed by atoms with Gasteiger partial charge in [-0.15, -0.1) is 5.10 Å². The Morgan fingerprint density at radius 3 is 2.50 bits per heavy atom. The maximum absolute atomic E-state index is 14.2. The zero-order valence-corrected chi connectivity index (χ0v) is 15.1. The number of aromatic nitrogens is 2. The van der Waals surface area contributed by atoms with Crippen molar-refractivity contribution in [2.24, 2.45) is 0 Å². The Balaban J connectivity index is 2.43. The number of carbonyl (C=O) groups is 1. The first-order valence-electron chi connectivity index (χ1n) is 8.14. The summed E-state index contributed by atoms with van der Waals surface area (Å²) in [6, 6.07) is 1.27. The van der Waals surface area contributed by atoms with Crippen molar-refractivity contribution in [1.82, 2.24) is 10.2 Å². The molecule has 1 amide bonds. The molecule has 0 saturated heterocycles. The second-order valence-corrected chi connectivity index (χ2v) is 7.87. The zero-order chi connectivity index (χ0) is 18.3. The van der Waals surface area contributed by atoms with Gasteiger partial charge < -0.3 is 4.74 Å². The number of anilines is 1. The first kappa shape index (κ1) is 18.5. The third-order valence-electron chi connectivity index (χ3n) is 3.81. The molecular weight excluding hydrogens is 316 g/mol. The number of ether oxygens (including phenoxy) is 1. The van der Waals surface area contributed by atoms with E-state index in [1.165, 1.54) is 11.0 Å². The van der Waals surface area contributed by atoms with E-state index < -0.39 is 28.7 Å². The van der Waals surface area contributed by atoms with E-state index in [-0.39, 0.29) is 6.42 Å². The van der Waals surface area contributed by atoms with Gasteiger partial charge in [0.15, 0.2) is 0 Å². The molecule has 134 valence electrons. The summed E-state index contributed by atoms with van der Waals surface area (Å²) in [5.74, 6) is -3.07. The molecule has 0 saturated carbocycles. The van der Waals surface area contributed by atoms with Gasteiger partial charge in [-0.3, -0.25) is 4.90 Å². The summed E-state index contributed by atoms with van der Waals surface area (Å²) >= 11 is 0. The summed E-state index contributed by atoms with van der Waals surface area (Å²) in [4.78, 5) is 13.8.